The number of nitriles is 1. The van der Waals surface area contributed by atoms with Gasteiger partial charge >= 0.3 is 5.97 Å². The Balaban J connectivity index is 1.31. The van der Waals surface area contributed by atoms with Gasteiger partial charge in [-0.25, -0.2) is 0 Å². The molecule has 6 nitrogen and oxygen atoms in total. The molecule has 0 unspecified atom stereocenters. The number of hydrogen-bond donors (Lipinski definition) is 1. The molecule has 1 amide bonds. The summed E-state index contributed by atoms with van der Waals surface area (Å²) in [5.74, 6) is -0.449. The van der Waals surface area contributed by atoms with Crippen LogP contribution in [-0.4, -0.2) is 18.5 Å². The van der Waals surface area contributed by atoms with Gasteiger partial charge in [-0.1, -0.05) is 42.8 Å². The first-order chi connectivity index (χ1) is 16.2. The van der Waals surface area contributed by atoms with Gasteiger partial charge in [0.2, 0.25) is 0 Å². The Kier molecular flexibility index (Phi) is 5.84. The molecule has 0 radical (unpaired) electrons. The lowest BCUT2D eigenvalue weighted by atomic mass is 9.88. The first kappa shape index (κ1) is 21.2. The highest BCUT2D eigenvalue weighted by Crippen LogP contribution is 2.44. The van der Waals surface area contributed by atoms with Gasteiger partial charge in [0.25, 0.3) is 5.91 Å². The number of benzene rings is 2. The number of nitrogens with zero attached hydrogens (tertiary/aromatic N) is 1. The number of carbonyl (C=O) groups is 2. The third-order valence-electron chi connectivity index (χ3n) is 6.05. The summed E-state index contributed by atoms with van der Waals surface area (Å²) in [6.45, 7) is -0.423. The number of ether oxygens (including phenoxy) is 2. The lowest BCUT2D eigenvalue weighted by molar-refractivity contribution is -0.148. The van der Waals surface area contributed by atoms with Crippen LogP contribution in [0, 0.1) is 11.3 Å². The highest BCUT2D eigenvalue weighted by molar-refractivity contribution is 7.16. The number of aryl methyl sites for hydroxylation is 1. The largest absolute Gasteiger partial charge is 0.457 e. The maximum atomic E-state index is 13.1. The van der Waals surface area contributed by atoms with Crippen molar-refractivity contribution < 1.29 is 19.1 Å². The fourth-order valence-corrected chi connectivity index (χ4v) is 5.75. The predicted octanol–water partition coefficient (Wildman–Crippen LogP) is 5.31. The van der Waals surface area contributed by atoms with Crippen LogP contribution in [0.25, 0.3) is 0 Å². The van der Waals surface area contributed by atoms with Gasteiger partial charge in [-0.05, 0) is 43.4 Å². The smallest absolute Gasteiger partial charge is 0.318 e. The molecule has 0 spiro atoms. The Morgan fingerprint density at radius 1 is 1.03 bits per heavy atom. The van der Waals surface area contributed by atoms with E-state index in [0.29, 0.717) is 33.2 Å². The van der Waals surface area contributed by atoms with E-state index in [-0.39, 0.29) is 0 Å². The molecular formula is C26H22N2O4S. The molecule has 2 aliphatic rings. The van der Waals surface area contributed by atoms with E-state index in [2.05, 4.69) is 11.4 Å². The summed E-state index contributed by atoms with van der Waals surface area (Å²) in [6, 6.07) is 16.9. The zero-order chi connectivity index (χ0) is 22.8. The van der Waals surface area contributed by atoms with Crippen molar-refractivity contribution in [1.29, 1.82) is 5.26 Å². The fourth-order valence-electron chi connectivity index (χ4n) is 4.50. The van der Waals surface area contributed by atoms with Crippen LogP contribution in [0.3, 0.4) is 0 Å². The van der Waals surface area contributed by atoms with Gasteiger partial charge in [-0.2, -0.15) is 5.26 Å². The zero-order valence-electron chi connectivity index (χ0n) is 17.9. The molecule has 1 aliphatic heterocycles. The van der Waals surface area contributed by atoms with Gasteiger partial charge in [0, 0.05) is 16.0 Å². The van der Waals surface area contributed by atoms with Crippen molar-refractivity contribution in [1.82, 2.24) is 0 Å². The second kappa shape index (κ2) is 9.08. The molecular weight excluding hydrogens is 436 g/mol. The quantitative estimate of drug-likeness (QED) is 0.423. The minimum Gasteiger partial charge on any atom is -0.457 e. The van der Waals surface area contributed by atoms with E-state index < -0.39 is 24.4 Å². The lowest BCUT2D eigenvalue weighted by Crippen LogP contribution is -2.26. The van der Waals surface area contributed by atoms with E-state index in [9.17, 15) is 14.9 Å². The molecule has 5 rings (SSSR count). The number of esters is 1. The number of rotatable bonds is 4. The molecule has 0 atom stereocenters. The number of thiophene rings is 1. The standard InChI is InChI=1S/C26H22N2O4S/c27-14-19-16-8-2-1-3-13-22(16)33-25(19)28-23(29)15-31-26(30)24-17-9-4-6-11-20(17)32-21-12-7-5-10-18(21)24/h4-7,9-12,24H,1-3,8,13,15H2,(H,28,29). The summed E-state index contributed by atoms with van der Waals surface area (Å²) in [7, 11) is 0. The third kappa shape index (κ3) is 4.10. The molecule has 3 aromatic rings. The highest BCUT2D eigenvalue weighted by atomic mass is 32.1. The maximum absolute atomic E-state index is 13.1. The summed E-state index contributed by atoms with van der Waals surface area (Å²) in [6.07, 6.45) is 5.10. The second-order valence-electron chi connectivity index (χ2n) is 8.15. The number of para-hydroxylation sites is 2. The molecule has 7 heteroatoms. The highest BCUT2D eigenvalue weighted by Gasteiger charge is 2.34. The van der Waals surface area contributed by atoms with Crippen LogP contribution >= 0.6 is 11.3 Å². The van der Waals surface area contributed by atoms with Crippen LogP contribution in [0.4, 0.5) is 5.00 Å². The molecule has 33 heavy (non-hydrogen) atoms. The van der Waals surface area contributed by atoms with Crippen molar-refractivity contribution in [2.45, 2.75) is 38.0 Å². The average molecular weight is 459 g/mol. The summed E-state index contributed by atoms with van der Waals surface area (Å²) in [5, 5.41) is 13.0. The van der Waals surface area contributed by atoms with Gasteiger partial charge in [0.1, 0.15) is 28.5 Å². The van der Waals surface area contributed by atoms with Crippen molar-refractivity contribution in [2.24, 2.45) is 0 Å². The third-order valence-corrected chi connectivity index (χ3v) is 7.25. The van der Waals surface area contributed by atoms with Crippen molar-refractivity contribution >= 4 is 28.2 Å². The van der Waals surface area contributed by atoms with E-state index >= 15 is 0 Å². The van der Waals surface area contributed by atoms with Crippen molar-refractivity contribution in [3.05, 3.63) is 75.7 Å². The summed E-state index contributed by atoms with van der Waals surface area (Å²) < 4.78 is 11.4. The molecule has 0 saturated carbocycles. The van der Waals surface area contributed by atoms with E-state index in [1.54, 1.807) is 0 Å². The van der Waals surface area contributed by atoms with Crippen molar-refractivity contribution in [3.8, 4) is 17.6 Å². The second-order valence-corrected chi connectivity index (χ2v) is 9.25. The Morgan fingerprint density at radius 2 is 1.70 bits per heavy atom. The molecule has 2 aromatic carbocycles. The summed E-state index contributed by atoms with van der Waals surface area (Å²) >= 11 is 1.46. The average Bonchev–Trinajstić information content (AvgIpc) is 2.99. The minimum atomic E-state index is -0.675. The first-order valence-corrected chi connectivity index (χ1v) is 11.8. The van der Waals surface area contributed by atoms with E-state index in [1.165, 1.54) is 16.2 Å². The van der Waals surface area contributed by atoms with Crippen LogP contribution in [0.5, 0.6) is 11.5 Å². The molecule has 0 fully saturated rings. The Hall–Kier alpha value is -3.63. The van der Waals surface area contributed by atoms with Gasteiger partial charge in [0.15, 0.2) is 6.61 Å². The number of carbonyl (C=O) groups excluding carboxylic acids is 2. The SMILES string of the molecule is N#Cc1c(NC(=O)COC(=O)C2c3ccccc3Oc3ccccc32)sc2c1CCCCC2. The molecule has 166 valence electrons. The summed E-state index contributed by atoms with van der Waals surface area (Å²) in [4.78, 5) is 26.9. The van der Waals surface area contributed by atoms with Crippen LogP contribution in [0.15, 0.2) is 48.5 Å². The lowest BCUT2D eigenvalue weighted by Gasteiger charge is -2.26. The van der Waals surface area contributed by atoms with Crippen molar-refractivity contribution in [3.63, 3.8) is 0 Å². The zero-order valence-corrected chi connectivity index (χ0v) is 18.7. The topological polar surface area (TPSA) is 88.4 Å². The first-order valence-electron chi connectivity index (χ1n) is 11.0. The van der Waals surface area contributed by atoms with E-state index in [1.807, 2.05) is 48.5 Å². The number of amides is 1. The Bertz CT molecular complexity index is 1230. The Morgan fingerprint density at radius 3 is 2.39 bits per heavy atom. The van der Waals surface area contributed by atoms with Gasteiger partial charge in [-0.15, -0.1) is 11.3 Å². The fraction of sp³-hybridized carbons (Fsp3) is 0.269. The maximum Gasteiger partial charge on any atom is 0.318 e. The number of fused-ring (bicyclic) bond motifs is 3. The number of hydrogen-bond acceptors (Lipinski definition) is 6. The Labute approximate surface area is 195 Å². The molecule has 1 aromatic heterocycles. The molecule has 2 heterocycles. The van der Waals surface area contributed by atoms with Crippen LogP contribution in [0.2, 0.25) is 0 Å². The van der Waals surface area contributed by atoms with Crippen LogP contribution in [0.1, 0.15) is 52.3 Å². The van der Waals surface area contributed by atoms with Gasteiger partial charge in [-0.3, -0.25) is 9.59 Å². The minimum absolute atomic E-state index is 0.423. The monoisotopic (exact) mass is 458 g/mol. The van der Waals surface area contributed by atoms with Crippen LogP contribution in [-0.2, 0) is 27.2 Å². The van der Waals surface area contributed by atoms with Gasteiger partial charge in [0.05, 0.1) is 5.56 Å². The normalized spacial score (nSPS) is 14.5. The van der Waals surface area contributed by atoms with E-state index in [0.717, 1.165) is 37.7 Å². The molecule has 1 aliphatic carbocycles. The molecule has 0 saturated heterocycles. The predicted molar refractivity (Wildman–Crippen MR) is 125 cm³/mol. The number of nitrogens with one attached hydrogen (secondary N) is 1. The van der Waals surface area contributed by atoms with Crippen LogP contribution < -0.4 is 10.1 Å². The van der Waals surface area contributed by atoms with Crippen molar-refractivity contribution in [2.75, 3.05) is 11.9 Å². The molecule has 0 bridgehead atoms. The molecule has 1 N–H and O–H groups in total. The van der Waals surface area contributed by atoms with Gasteiger partial charge < -0.3 is 14.8 Å². The summed E-state index contributed by atoms with van der Waals surface area (Å²) in [5.41, 5.74) is 3.01. The number of anilines is 1. The van der Waals surface area contributed by atoms with E-state index in [4.69, 9.17) is 9.47 Å².